The van der Waals surface area contributed by atoms with Gasteiger partial charge in [-0.05, 0) is 62.6 Å². The van der Waals surface area contributed by atoms with Gasteiger partial charge in [0.2, 0.25) is 5.91 Å². The van der Waals surface area contributed by atoms with E-state index in [0.717, 1.165) is 71.7 Å². The van der Waals surface area contributed by atoms with Crippen LogP contribution in [0.1, 0.15) is 33.6 Å². The van der Waals surface area contributed by atoms with Crippen LogP contribution in [0.15, 0.2) is 44.0 Å². The average Bonchev–Trinajstić information content (AvgIpc) is 3.13. The molecule has 0 unspecified atom stereocenters. The predicted octanol–water partition coefficient (Wildman–Crippen LogP) is 4.79. The number of amides is 1. The van der Waals surface area contributed by atoms with Crippen molar-refractivity contribution in [3.8, 4) is 0 Å². The highest BCUT2D eigenvalue weighted by Crippen LogP contribution is 2.34. The number of anilines is 1. The van der Waals surface area contributed by atoms with Gasteiger partial charge in [-0.25, -0.2) is 4.79 Å². The van der Waals surface area contributed by atoms with E-state index in [-0.39, 0.29) is 12.3 Å². The van der Waals surface area contributed by atoms with Crippen LogP contribution in [0.3, 0.4) is 0 Å². The first-order valence-corrected chi connectivity index (χ1v) is 12.0. The van der Waals surface area contributed by atoms with Crippen LogP contribution < -0.4 is 10.9 Å². The minimum absolute atomic E-state index is 0.0554. The lowest BCUT2D eigenvalue weighted by atomic mass is 9.98. The highest BCUT2D eigenvalue weighted by molar-refractivity contribution is 6.01. The Kier molecular flexibility index (Phi) is 6.21. The number of furan rings is 1. The summed E-state index contributed by atoms with van der Waals surface area (Å²) in [5, 5.41) is 4.73. The van der Waals surface area contributed by atoms with Gasteiger partial charge in [-0.1, -0.05) is 12.1 Å². The number of benzene rings is 2. The van der Waals surface area contributed by atoms with E-state index in [1.165, 1.54) is 5.56 Å². The molecule has 1 fully saturated rings. The Balaban J connectivity index is 1.36. The van der Waals surface area contributed by atoms with E-state index in [9.17, 15) is 9.59 Å². The summed E-state index contributed by atoms with van der Waals surface area (Å²) in [7, 11) is 0. The number of hydrogen-bond donors (Lipinski definition) is 1. The molecule has 0 bridgehead atoms. The number of morpholine rings is 1. The first-order valence-electron chi connectivity index (χ1n) is 12.0. The third-order valence-electron chi connectivity index (χ3n) is 7.03. The van der Waals surface area contributed by atoms with Gasteiger partial charge in [0.15, 0.2) is 0 Å². The van der Waals surface area contributed by atoms with Crippen LogP contribution in [0.4, 0.5) is 5.69 Å². The summed E-state index contributed by atoms with van der Waals surface area (Å²) >= 11 is 0. The van der Waals surface area contributed by atoms with Crippen molar-refractivity contribution in [2.24, 2.45) is 0 Å². The summed E-state index contributed by atoms with van der Waals surface area (Å²) in [6.45, 7) is 11.9. The molecule has 4 aromatic rings. The van der Waals surface area contributed by atoms with Gasteiger partial charge in [-0.2, -0.15) is 0 Å². The lowest BCUT2D eigenvalue weighted by Gasteiger charge is -2.26. The smallest absolute Gasteiger partial charge is 0.340 e. The zero-order chi connectivity index (χ0) is 24.7. The van der Waals surface area contributed by atoms with Gasteiger partial charge in [0.05, 0.1) is 25.2 Å². The fourth-order valence-corrected chi connectivity index (χ4v) is 4.77. The Morgan fingerprint density at radius 2 is 1.57 bits per heavy atom. The van der Waals surface area contributed by atoms with Crippen molar-refractivity contribution >= 4 is 33.5 Å². The maximum absolute atomic E-state index is 12.8. The van der Waals surface area contributed by atoms with Crippen molar-refractivity contribution in [1.29, 1.82) is 0 Å². The Hall–Kier alpha value is -3.42. The molecule has 0 atom stereocenters. The number of carbonyl (C=O) groups excluding carboxylic acids is 1. The molecule has 0 spiro atoms. The monoisotopic (exact) mass is 474 g/mol. The van der Waals surface area contributed by atoms with Crippen LogP contribution in [0, 0.1) is 27.7 Å². The quantitative estimate of drug-likeness (QED) is 0.419. The number of hydrogen-bond acceptors (Lipinski definition) is 6. The number of fused-ring (bicyclic) bond motifs is 2. The molecular formula is C28H30N2O5. The molecule has 1 saturated heterocycles. The number of carbonyl (C=O) groups is 1. The van der Waals surface area contributed by atoms with E-state index < -0.39 is 5.63 Å². The van der Waals surface area contributed by atoms with E-state index in [2.05, 4.69) is 10.2 Å². The normalized spacial score (nSPS) is 14.6. The zero-order valence-corrected chi connectivity index (χ0v) is 20.6. The molecule has 1 N–H and O–H groups in total. The van der Waals surface area contributed by atoms with E-state index in [4.69, 9.17) is 13.6 Å². The standard InChI is InChI=1S/C28H30N2O5/c1-16-19(4)34-26-18(3)27-23(13-22(16)26)17(2)24(28(32)35-27)14-25(31)29-21-7-5-20(6-8-21)15-30-9-11-33-12-10-30/h5-8,13H,9-12,14-15H2,1-4H3,(H,29,31). The van der Waals surface area contributed by atoms with Gasteiger partial charge in [0.1, 0.15) is 16.9 Å². The fourth-order valence-electron chi connectivity index (χ4n) is 4.77. The molecule has 0 saturated carbocycles. The van der Waals surface area contributed by atoms with Gasteiger partial charge in [0.25, 0.3) is 0 Å². The third-order valence-corrected chi connectivity index (χ3v) is 7.03. The lowest BCUT2D eigenvalue weighted by Crippen LogP contribution is -2.35. The summed E-state index contributed by atoms with van der Waals surface area (Å²) in [5.74, 6) is 0.586. The highest BCUT2D eigenvalue weighted by Gasteiger charge is 2.20. The molecule has 35 heavy (non-hydrogen) atoms. The van der Waals surface area contributed by atoms with Gasteiger partial charge in [-0.15, -0.1) is 0 Å². The van der Waals surface area contributed by atoms with Crippen LogP contribution in [0.5, 0.6) is 0 Å². The molecule has 7 heteroatoms. The lowest BCUT2D eigenvalue weighted by molar-refractivity contribution is -0.115. The van der Waals surface area contributed by atoms with Crippen molar-refractivity contribution in [1.82, 2.24) is 4.90 Å². The molecule has 2 aromatic carbocycles. The minimum atomic E-state index is -0.492. The first-order chi connectivity index (χ1) is 16.8. The second-order valence-electron chi connectivity index (χ2n) is 9.34. The number of aryl methyl sites for hydroxylation is 4. The van der Waals surface area contributed by atoms with Crippen LogP contribution >= 0.6 is 0 Å². The summed E-state index contributed by atoms with van der Waals surface area (Å²) in [5.41, 5.74) is 5.62. The van der Waals surface area contributed by atoms with Crippen LogP contribution in [-0.4, -0.2) is 37.1 Å². The maximum Gasteiger partial charge on any atom is 0.340 e. The molecule has 7 nitrogen and oxygen atoms in total. The minimum Gasteiger partial charge on any atom is -0.461 e. The van der Waals surface area contributed by atoms with Gasteiger partial charge < -0.3 is 18.9 Å². The van der Waals surface area contributed by atoms with Crippen molar-refractivity contribution in [2.45, 2.75) is 40.7 Å². The summed E-state index contributed by atoms with van der Waals surface area (Å²) in [6, 6.07) is 9.82. The predicted molar refractivity (Wildman–Crippen MR) is 136 cm³/mol. The highest BCUT2D eigenvalue weighted by atomic mass is 16.5. The summed E-state index contributed by atoms with van der Waals surface area (Å²) in [4.78, 5) is 28.0. The van der Waals surface area contributed by atoms with Crippen molar-refractivity contribution in [3.63, 3.8) is 0 Å². The van der Waals surface area contributed by atoms with Crippen LogP contribution in [-0.2, 0) is 22.5 Å². The fraction of sp³-hybridized carbons (Fsp3) is 0.357. The maximum atomic E-state index is 12.8. The second kappa shape index (κ2) is 9.32. The Labute approximate surface area is 203 Å². The van der Waals surface area contributed by atoms with E-state index in [1.54, 1.807) is 0 Å². The van der Waals surface area contributed by atoms with E-state index in [1.807, 2.05) is 58.0 Å². The molecular weight excluding hydrogens is 444 g/mol. The summed E-state index contributed by atoms with van der Waals surface area (Å²) < 4.78 is 17.0. The molecule has 0 aliphatic carbocycles. The van der Waals surface area contributed by atoms with Gasteiger partial charge >= 0.3 is 5.63 Å². The molecule has 1 aliphatic heterocycles. The number of nitrogens with one attached hydrogen (secondary N) is 1. The molecule has 0 radical (unpaired) electrons. The second-order valence-corrected chi connectivity index (χ2v) is 9.34. The summed E-state index contributed by atoms with van der Waals surface area (Å²) in [6.07, 6.45) is -0.0554. The van der Waals surface area contributed by atoms with Crippen molar-refractivity contribution in [3.05, 3.63) is 74.3 Å². The Morgan fingerprint density at radius 1 is 0.914 bits per heavy atom. The largest absolute Gasteiger partial charge is 0.461 e. The third kappa shape index (κ3) is 4.49. The van der Waals surface area contributed by atoms with E-state index >= 15 is 0 Å². The van der Waals surface area contributed by atoms with Crippen LogP contribution in [0.25, 0.3) is 21.9 Å². The molecule has 182 valence electrons. The topological polar surface area (TPSA) is 84.9 Å². The Morgan fingerprint density at radius 3 is 2.29 bits per heavy atom. The number of rotatable bonds is 5. The molecule has 1 aliphatic rings. The van der Waals surface area contributed by atoms with Crippen molar-refractivity contribution in [2.75, 3.05) is 31.6 Å². The SMILES string of the molecule is Cc1oc2c(C)c3oc(=O)c(CC(=O)Nc4ccc(CN5CCOCC5)cc4)c(C)c3cc2c1C. The molecule has 5 rings (SSSR count). The number of ether oxygens (including phenoxy) is 1. The van der Waals surface area contributed by atoms with E-state index in [0.29, 0.717) is 16.8 Å². The molecule has 3 heterocycles. The first kappa shape index (κ1) is 23.3. The van der Waals surface area contributed by atoms with Gasteiger partial charge in [0, 0.05) is 41.7 Å². The van der Waals surface area contributed by atoms with Gasteiger partial charge in [-0.3, -0.25) is 9.69 Å². The van der Waals surface area contributed by atoms with Crippen LogP contribution in [0.2, 0.25) is 0 Å². The molecule has 1 amide bonds. The number of nitrogens with zero attached hydrogens (tertiary/aromatic N) is 1. The molecule has 2 aromatic heterocycles. The zero-order valence-electron chi connectivity index (χ0n) is 20.6. The Bertz CT molecular complexity index is 1470. The van der Waals surface area contributed by atoms with Crippen molar-refractivity contribution < 1.29 is 18.4 Å². The average molecular weight is 475 g/mol.